The van der Waals surface area contributed by atoms with E-state index in [0.717, 1.165) is 0 Å². The highest BCUT2D eigenvalue weighted by atomic mass is 32.2. The lowest BCUT2D eigenvalue weighted by Gasteiger charge is -2.15. The van der Waals surface area contributed by atoms with Gasteiger partial charge in [0.2, 0.25) is 11.8 Å². The standard InChI is InChI=1S/C12H13N3O4S/c13-6-7-15-12(17)10(8-11(14)16)20(18,19)9-4-2-1-3-5-9/h1-5,10H,7-8H2,(H2,14,16)(H,15,17)/t10-/m0/s1. The zero-order valence-corrected chi connectivity index (χ0v) is 11.3. The van der Waals surface area contributed by atoms with Gasteiger partial charge in [0.25, 0.3) is 0 Å². The van der Waals surface area contributed by atoms with Crippen molar-refractivity contribution in [3.8, 4) is 6.07 Å². The molecule has 0 bridgehead atoms. The first-order valence-corrected chi connectivity index (χ1v) is 7.16. The Morgan fingerprint density at radius 1 is 1.30 bits per heavy atom. The van der Waals surface area contributed by atoms with Gasteiger partial charge >= 0.3 is 0 Å². The maximum absolute atomic E-state index is 12.3. The third kappa shape index (κ3) is 3.80. The quantitative estimate of drug-likeness (QED) is 0.673. The topological polar surface area (TPSA) is 130 Å². The average Bonchev–Trinajstić information content (AvgIpc) is 2.42. The van der Waals surface area contributed by atoms with E-state index in [4.69, 9.17) is 11.0 Å². The molecule has 1 atom stereocenters. The van der Waals surface area contributed by atoms with Crippen molar-refractivity contribution in [2.45, 2.75) is 16.6 Å². The van der Waals surface area contributed by atoms with Gasteiger partial charge in [-0.25, -0.2) is 8.42 Å². The van der Waals surface area contributed by atoms with Crippen LogP contribution in [0.5, 0.6) is 0 Å². The number of nitriles is 1. The highest BCUT2D eigenvalue weighted by molar-refractivity contribution is 7.92. The van der Waals surface area contributed by atoms with Crippen LogP contribution in [0, 0.1) is 11.3 Å². The lowest BCUT2D eigenvalue weighted by atomic mass is 10.3. The molecule has 1 aromatic rings. The number of carbonyl (C=O) groups excluding carboxylic acids is 2. The number of amides is 2. The molecular formula is C12H13N3O4S. The highest BCUT2D eigenvalue weighted by Gasteiger charge is 2.35. The maximum Gasteiger partial charge on any atom is 0.240 e. The highest BCUT2D eigenvalue weighted by Crippen LogP contribution is 2.18. The van der Waals surface area contributed by atoms with Crippen LogP contribution in [-0.2, 0) is 19.4 Å². The smallest absolute Gasteiger partial charge is 0.240 e. The largest absolute Gasteiger partial charge is 0.370 e. The van der Waals surface area contributed by atoms with Crippen molar-refractivity contribution in [1.82, 2.24) is 5.32 Å². The molecule has 8 heteroatoms. The maximum atomic E-state index is 12.3. The van der Waals surface area contributed by atoms with Gasteiger partial charge in [0.15, 0.2) is 15.1 Å². The Bertz CT molecular complexity index is 634. The molecule has 0 saturated carbocycles. The Kier molecular flexibility index (Phi) is 5.23. The molecule has 0 aliphatic heterocycles. The fourth-order valence-electron chi connectivity index (χ4n) is 1.54. The van der Waals surface area contributed by atoms with Gasteiger partial charge in [-0.05, 0) is 12.1 Å². The summed E-state index contributed by atoms with van der Waals surface area (Å²) in [5, 5.41) is 8.88. The minimum Gasteiger partial charge on any atom is -0.370 e. The van der Waals surface area contributed by atoms with Crippen molar-refractivity contribution >= 4 is 21.7 Å². The Morgan fingerprint density at radius 3 is 2.40 bits per heavy atom. The SMILES string of the molecule is N#CCNC(=O)[C@H](CC(N)=O)S(=O)(=O)c1ccccc1. The molecule has 0 fully saturated rings. The van der Waals surface area contributed by atoms with Gasteiger partial charge in [-0.1, -0.05) is 18.2 Å². The van der Waals surface area contributed by atoms with Crippen LogP contribution in [0.2, 0.25) is 0 Å². The number of primary amides is 1. The zero-order chi connectivity index (χ0) is 15.2. The molecule has 0 aliphatic carbocycles. The van der Waals surface area contributed by atoms with Crippen molar-refractivity contribution in [3.63, 3.8) is 0 Å². The van der Waals surface area contributed by atoms with Gasteiger partial charge in [0.1, 0.15) is 6.54 Å². The van der Waals surface area contributed by atoms with Gasteiger partial charge < -0.3 is 11.1 Å². The van der Waals surface area contributed by atoms with Gasteiger partial charge in [-0.2, -0.15) is 5.26 Å². The van der Waals surface area contributed by atoms with Crippen LogP contribution in [0.1, 0.15) is 6.42 Å². The van der Waals surface area contributed by atoms with Crippen LogP contribution in [0.15, 0.2) is 35.2 Å². The lowest BCUT2D eigenvalue weighted by molar-refractivity contribution is -0.124. The van der Waals surface area contributed by atoms with Crippen LogP contribution < -0.4 is 11.1 Å². The number of benzene rings is 1. The van der Waals surface area contributed by atoms with Crippen molar-refractivity contribution < 1.29 is 18.0 Å². The Morgan fingerprint density at radius 2 is 1.90 bits per heavy atom. The first kappa shape index (κ1) is 15.7. The molecule has 0 heterocycles. The summed E-state index contributed by atoms with van der Waals surface area (Å²) in [5.41, 5.74) is 4.99. The van der Waals surface area contributed by atoms with Crippen molar-refractivity contribution in [2.75, 3.05) is 6.54 Å². The monoisotopic (exact) mass is 295 g/mol. The number of nitrogens with one attached hydrogen (secondary N) is 1. The Hall–Kier alpha value is -2.40. The molecule has 1 aromatic carbocycles. The van der Waals surface area contributed by atoms with E-state index < -0.39 is 33.3 Å². The molecule has 2 amide bonds. The van der Waals surface area contributed by atoms with Crippen LogP contribution >= 0.6 is 0 Å². The van der Waals surface area contributed by atoms with E-state index in [9.17, 15) is 18.0 Å². The lowest BCUT2D eigenvalue weighted by Crippen LogP contribution is -2.42. The van der Waals surface area contributed by atoms with Crippen LogP contribution in [-0.4, -0.2) is 32.0 Å². The Labute approximate surface area is 116 Å². The molecular weight excluding hydrogens is 282 g/mol. The van der Waals surface area contributed by atoms with E-state index in [1.165, 1.54) is 24.3 Å². The fraction of sp³-hybridized carbons (Fsp3) is 0.250. The van der Waals surface area contributed by atoms with Crippen molar-refractivity contribution in [3.05, 3.63) is 30.3 Å². The summed E-state index contributed by atoms with van der Waals surface area (Å²) in [6.07, 6.45) is -0.644. The van der Waals surface area contributed by atoms with E-state index in [-0.39, 0.29) is 11.4 Å². The number of nitrogens with two attached hydrogens (primary N) is 1. The van der Waals surface area contributed by atoms with Gasteiger partial charge in [0, 0.05) is 0 Å². The van der Waals surface area contributed by atoms with E-state index >= 15 is 0 Å². The molecule has 106 valence electrons. The summed E-state index contributed by atoms with van der Waals surface area (Å²) in [7, 11) is -4.05. The van der Waals surface area contributed by atoms with Crippen molar-refractivity contribution in [1.29, 1.82) is 5.26 Å². The van der Waals surface area contributed by atoms with Crippen molar-refractivity contribution in [2.24, 2.45) is 5.73 Å². The summed E-state index contributed by atoms with van der Waals surface area (Å²) in [6, 6.07) is 8.92. The predicted molar refractivity (Wildman–Crippen MR) is 69.8 cm³/mol. The van der Waals surface area contributed by atoms with Gasteiger partial charge in [-0.3, -0.25) is 9.59 Å². The molecule has 3 N–H and O–H groups in total. The summed E-state index contributed by atoms with van der Waals surface area (Å²) in [4.78, 5) is 22.7. The molecule has 7 nitrogen and oxygen atoms in total. The first-order valence-electron chi connectivity index (χ1n) is 5.61. The third-order valence-electron chi connectivity index (χ3n) is 2.47. The summed E-state index contributed by atoms with van der Waals surface area (Å²) >= 11 is 0. The molecule has 20 heavy (non-hydrogen) atoms. The second-order valence-corrected chi connectivity index (χ2v) is 6.02. The molecule has 0 radical (unpaired) electrons. The summed E-state index contributed by atoms with van der Waals surface area (Å²) in [6.45, 7) is -0.349. The third-order valence-corrected chi connectivity index (χ3v) is 4.53. The van der Waals surface area contributed by atoms with E-state index in [2.05, 4.69) is 5.32 Å². The average molecular weight is 295 g/mol. The minimum atomic E-state index is -4.05. The Balaban J connectivity index is 3.14. The number of sulfone groups is 1. The predicted octanol–water partition coefficient (Wildman–Crippen LogP) is -0.656. The number of hydrogen-bond acceptors (Lipinski definition) is 5. The first-order chi connectivity index (χ1) is 9.39. The second-order valence-electron chi connectivity index (χ2n) is 3.89. The molecule has 0 aromatic heterocycles. The fourth-order valence-corrected chi connectivity index (χ4v) is 3.15. The number of nitrogens with zero attached hydrogens (tertiary/aromatic N) is 1. The van der Waals surface area contributed by atoms with E-state index in [0.29, 0.717) is 0 Å². The van der Waals surface area contributed by atoms with Gasteiger partial charge in [-0.15, -0.1) is 0 Å². The summed E-state index contributed by atoms with van der Waals surface area (Å²) in [5.74, 6) is -1.84. The molecule has 0 spiro atoms. The van der Waals surface area contributed by atoms with Crippen LogP contribution in [0.4, 0.5) is 0 Å². The molecule has 1 rings (SSSR count). The van der Waals surface area contributed by atoms with E-state index in [1.54, 1.807) is 12.1 Å². The van der Waals surface area contributed by atoms with Crippen LogP contribution in [0.25, 0.3) is 0 Å². The number of hydrogen-bond donors (Lipinski definition) is 2. The molecule has 0 aliphatic rings. The number of carbonyl (C=O) groups is 2. The minimum absolute atomic E-state index is 0.0849. The molecule has 0 unspecified atom stereocenters. The normalized spacial score (nSPS) is 12.2. The van der Waals surface area contributed by atoms with Crippen LogP contribution in [0.3, 0.4) is 0 Å². The molecule has 0 saturated heterocycles. The zero-order valence-electron chi connectivity index (χ0n) is 10.4. The summed E-state index contributed by atoms with van der Waals surface area (Å²) < 4.78 is 24.6. The number of rotatable bonds is 6. The van der Waals surface area contributed by atoms with Gasteiger partial charge in [0.05, 0.1) is 17.4 Å². The second kappa shape index (κ2) is 6.68. The van der Waals surface area contributed by atoms with E-state index in [1.807, 2.05) is 0 Å².